The van der Waals surface area contributed by atoms with E-state index in [9.17, 15) is 0 Å². The van der Waals surface area contributed by atoms with Crippen LogP contribution in [0.15, 0.2) is 24.3 Å². The molecule has 2 rings (SSSR count). The molecule has 2 atom stereocenters. The van der Waals surface area contributed by atoms with Gasteiger partial charge < -0.3 is 5.32 Å². The summed E-state index contributed by atoms with van der Waals surface area (Å²) in [6.45, 7) is 3.43. The van der Waals surface area contributed by atoms with E-state index < -0.39 is 0 Å². The van der Waals surface area contributed by atoms with Gasteiger partial charge in [0.15, 0.2) is 0 Å². The third-order valence-corrected chi connectivity index (χ3v) is 4.70. The fraction of sp³-hybridized carbons (Fsp3) is 0.625. The van der Waals surface area contributed by atoms with Crippen LogP contribution in [-0.2, 0) is 6.42 Å². The molecular weight excluding hydrogens is 333 g/mol. The summed E-state index contributed by atoms with van der Waals surface area (Å²) >= 11 is 2.38. The molecule has 1 N–H and O–H groups in total. The zero-order chi connectivity index (χ0) is 12.8. The van der Waals surface area contributed by atoms with E-state index in [1.165, 1.54) is 54.2 Å². The lowest BCUT2D eigenvalue weighted by molar-refractivity contribution is 0.261. The van der Waals surface area contributed by atoms with Gasteiger partial charge in [-0.1, -0.05) is 31.9 Å². The van der Waals surface area contributed by atoms with Crippen LogP contribution in [0.4, 0.5) is 0 Å². The van der Waals surface area contributed by atoms with E-state index in [1.807, 2.05) is 0 Å². The fourth-order valence-electron chi connectivity index (χ4n) is 2.97. The number of rotatable bonds is 5. The lowest BCUT2D eigenvalue weighted by atomic mass is 9.80. The minimum absolute atomic E-state index is 0.748. The number of halogens is 1. The smallest absolute Gasteiger partial charge is 0.0130 e. The average Bonchev–Trinajstić information content (AvgIpc) is 2.40. The normalized spacial score (nSPS) is 24.1. The number of nitrogens with one attached hydrogen (secondary N) is 1. The Morgan fingerprint density at radius 1 is 1.17 bits per heavy atom. The highest BCUT2D eigenvalue weighted by molar-refractivity contribution is 14.1. The van der Waals surface area contributed by atoms with Gasteiger partial charge in [0.25, 0.3) is 0 Å². The van der Waals surface area contributed by atoms with E-state index >= 15 is 0 Å². The summed E-state index contributed by atoms with van der Waals surface area (Å²) in [5.41, 5.74) is 1.51. The molecule has 1 saturated carbocycles. The molecule has 1 aromatic carbocycles. The molecule has 0 aliphatic heterocycles. The minimum atomic E-state index is 0.748. The van der Waals surface area contributed by atoms with Gasteiger partial charge in [-0.25, -0.2) is 0 Å². The van der Waals surface area contributed by atoms with Crippen LogP contribution in [0.25, 0.3) is 0 Å². The van der Waals surface area contributed by atoms with Gasteiger partial charge in [0, 0.05) is 9.61 Å². The predicted molar refractivity (Wildman–Crippen MR) is 86.9 cm³/mol. The van der Waals surface area contributed by atoms with Crippen LogP contribution in [0.5, 0.6) is 0 Å². The zero-order valence-corrected chi connectivity index (χ0v) is 13.4. The zero-order valence-electron chi connectivity index (χ0n) is 11.3. The first-order chi connectivity index (χ1) is 8.79. The monoisotopic (exact) mass is 357 g/mol. The van der Waals surface area contributed by atoms with Gasteiger partial charge in [-0.2, -0.15) is 0 Å². The molecule has 1 aliphatic rings. The van der Waals surface area contributed by atoms with Crippen LogP contribution in [0.2, 0.25) is 0 Å². The SMILES string of the molecule is CCCNC1CCCCC1Cc1ccc(I)cc1. The van der Waals surface area contributed by atoms with Crippen molar-refractivity contribution < 1.29 is 0 Å². The van der Waals surface area contributed by atoms with Gasteiger partial charge in [0.05, 0.1) is 0 Å². The van der Waals surface area contributed by atoms with Crippen molar-refractivity contribution in [2.75, 3.05) is 6.54 Å². The van der Waals surface area contributed by atoms with Gasteiger partial charge in [-0.05, 0) is 78.4 Å². The van der Waals surface area contributed by atoms with Crippen LogP contribution in [0, 0.1) is 9.49 Å². The number of benzene rings is 1. The van der Waals surface area contributed by atoms with Crippen LogP contribution in [0.1, 0.15) is 44.6 Å². The highest BCUT2D eigenvalue weighted by Gasteiger charge is 2.24. The molecule has 0 bridgehead atoms. The molecule has 0 spiro atoms. The maximum Gasteiger partial charge on any atom is 0.0130 e. The van der Waals surface area contributed by atoms with Crippen LogP contribution < -0.4 is 5.32 Å². The van der Waals surface area contributed by atoms with Crippen molar-refractivity contribution in [3.05, 3.63) is 33.4 Å². The summed E-state index contributed by atoms with van der Waals surface area (Å²) in [6, 6.07) is 9.80. The Morgan fingerprint density at radius 2 is 1.89 bits per heavy atom. The van der Waals surface area contributed by atoms with E-state index in [4.69, 9.17) is 0 Å². The van der Waals surface area contributed by atoms with Crippen molar-refractivity contribution in [1.29, 1.82) is 0 Å². The fourth-order valence-corrected chi connectivity index (χ4v) is 3.33. The second kappa shape index (κ2) is 7.49. The van der Waals surface area contributed by atoms with E-state index in [2.05, 4.69) is 59.1 Å². The van der Waals surface area contributed by atoms with Gasteiger partial charge >= 0.3 is 0 Å². The van der Waals surface area contributed by atoms with E-state index in [1.54, 1.807) is 0 Å². The van der Waals surface area contributed by atoms with E-state index in [0.29, 0.717) is 0 Å². The third-order valence-electron chi connectivity index (χ3n) is 3.98. The molecule has 100 valence electrons. The van der Waals surface area contributed by atoms with Gasteiger partial charge in [-0.3, -0.25) is 0 Å². The molecule has 0 radical (unpaired) electrons. The molecule has 18 heavy (non-hydrogen) atoms. The van der Waals surface area contributed by atoms with Crippen molar-refractivity contribution in [3.63, 3.8) is 0 Å². The lowest BCUT2D eigenvalue weighted by Crippen LogP contribution is -2.39. The Balaban J connectivity index is 1.94. The molecule has 0 amide bonds. The van der Waals surface area contributed by atoms with Crippen molar-refractivity contribution >= 4 is 22.6 Å². The van der Waals surface area contributed by atoms with Gasteiger partial charge in [-0.15, -0.1) is 0 Å². The molecule has 0 aromatic heterocycles. The lowest BCUT2D eigenvalue weighted by Gasteiger charge is -2.32. The molecule has 1 fully saturated rings. The predicted octanol–water partition coefficient (Wildman–Crippen LogP) is 4.39. The molecule has 0 heterocycles. The highest BCUT2D eigenvalue weighted by Crippen LogP contribution is 2.27. The Kier molecular flexibility index (Phi) is 5.96. The van der Waals surface area contributed by atoms with E-state index in [-0.39, 0.29) is 0 Å². The second-order valence-electron chi connectivity index (χ2n) is 5.44. The Hall–Kier alpha value is -0.0900. The molecule has 2 heteroatoms. The average molecular weight is 357 g/mol. The molecule has 1 nitrogen and oxygen atoms in total. The topological polar surface area (TPSA) is 12.0 Å². The summed E-state index contributed by atoms with van der Waals surface area (Å²) in [4.78, 5) is 0. The summed E-state index contributed by atoms with van der Waals surface area (Å²) in [7, 11) is 0. The Labute approximate surface area is 125 Å². The first-order valence-corrected chi connectivity index (χ1v) is 8.35. The van der Waals surface area contributed by atoms with Crippen molar-refractivity contribution in [3.8, 4) is 0 Å². The first kappa shape index (κ1) is 14.3. The van der Waals surface area contributed by atoms with Crippen LogP contribution in [-0.4, -0.2) is 12.6 Å². The van der Waals surface area contributed by atoms with Crippen LogP contribution >= 0.6 is 22.6 Å². The number of hydrogen-bond donors (Lipinski definition) is 1. The number of hydrogen-bond acceptors (Lipinski definition) is 1. The molecule has 0 saturated heterocycles. The summed E-state index contributed by atoms with van der Waals surface area (Å²) < 4.78 is 1.33. The molecule has 2 unspecified atom stereocenters. The molecular formula is C16H24IN. The minimum Gasteiger partial charge on any atom is -0.314 e. The van der Waals surface area contributed by atoms with Crippen molar-refractivity contribution in [1.82, 2.24) is 5.32 Å². The van der Waals surface area contributed by atoms with Crippen molar-refractivity contribution in [2.24, 2.45) is 5.92 Å². The quantitative estimate of drug-likeness (QED) is 0.771. The third kappa shape index (κ3) is 4.23. The summed E-state index contributed by atoms with van der Waals surface area (Å²) in [5.74, 6) is 0.838. The maximum atomic E-state index is 3.75. The Bertz CT molecular complexity index is 347. The van der Waals surface area contributed by atoms with Crippen LogP contribution in [0.3, 0.4) is 0 Å². The molecule has 1 aromatic rings. The summed E-state index contributed by atoms with van der Waals surface area (Å²) in [6.07, 6.45) is 8.08. The summed E-state index contributed by atoms with van der Waals surface area (Å²) in [5, 5.41) is 3.75. The first-order valence-electron chi connectivity index (χ1n) is 7.27. The Morgan fingerprint density at radius 3 is 2.61 bits per heavy atom. The standard InChI is InChI=1S/C16H24IN/c1-2-11-18-16-6-4-3-5-14(16)12-13-7-9-15(17)10-8-13/h7-10,14,16,18H,2-6,11-12H2,1H3. The van der Waals surface area contributed by atoms with E-state index in [0.717, 1.165) is 12.0 Å². The highest BCUT2D eigenvalue weighted by atomic mass is 127. The van der Waals surface area contributed by atoms with Gasteiger partial charge in [0.2, 0.25) is 0 Å². The second-order valence-corrected chi connectivity index (χ2v) is 6.68. The molecule has 1 aliphatic carbocycles. The van der Waals surface area contributed by atoms with Crippen molar-refractivity contribution in [2.45, 2.75) is 51.5 Å². The maximum absolute atomic E-state index is 3.75. The van der Waals surface area contributed by atoms with Gasteiger partial charge in [0.1, 0.15) is 0 Å². The largest absolute Gasteiger partial charge is 0.314 e.